The van der Waals surface area contributed by atoms with Crippen LogP contribution >= 0.6 is 0 Å². The van der Waals surface area contributed by atoms with Gasteiger partial charge in [0.15, 0.2) is 0 Å². The van der Waals surface area contributed by atoms with Gasteiger partial charge in [0, 0.05) is 30.4 Å². The van der Waals surface area contributed by atoms with E-state index in [0.717, 1.165) is 6.42 Å². The molecule has 0 fully saturated rings. The number of anilines is 1. The lowest BCUT2D eigenvalue weighted by molar-refractivity contribution is 0.438. The maximum absolute atomic E-state index is 12.7. The highest BCUT2D eigenvalue weighted by molar-refractivity contribution is 7.89. The van der Waals surface area contributed by atoms with E-state index in [4.69, 9.17) is 5.73 Å². The van der Waals surface area contributed by atoms with Crippen LogP contribution in [0.5, 0.6) is 0 Å². The molecule has 1 aromatic heterocycles. The second kappa shape index (κ2) is 4.88. The SMILES string of the molecule is Nc1ccc(S(=O)(=O)N2CC=CCC2)c2ncccc12. The maximum atomic E-state index is 12.7. The van der Waals surface area contributed by atoms with Crippen molar-refractivity contribution in [2.24, 2.45) is 0 Å². The molecule has 1 aliphatic heterocycles. The molecule has 0 radical (unpaired) electrons. The van der Waals surface area contributed by atoms with Gasteiger partial charge in [0.2, 0.25) is 10.0 Å². The topological polar surface area (TPSA) is 76.3 Å². The molecule has 20 heavy (non-hydrogen) atoms. The summed E-state index contributed by atoms with van der Waals surface area (Å²) < 4.78 is 26.9. The summed E-state index contributed by atoms with van der Waals surface area (Å²) in [4.78, 5) is 4.42. The van der Waals surface area contributed by atoms with E-state index < -0.39 is 10.0 Å². The molecule has 0 spiro atoms. The van der Waals surface area contributed by atoms with E-state index in [1.807, 2.05) is 12.2 Å². The molecule has 0 unspecified atom stereocenters. The van der Waals surface area contributed by atoms with Gasteiger partial charge in [-0.25, -0.2) is 8.42 Å². The van der Waals surface area contributed by atoms with E-state index in [2.05, 4.69) is 4.98 Å². The average Bonchev–Trinajstić information content (AvgIpc) is 2.48. The minimum Gasteiger partial charge on any atom is -0.398 e. The Morgan fingerprint density at radius 2 is 2.05 bits per heavy atom. The van der Waals surface area contributed by atoms with Crippen LogP contribution in [0.2, 0.25) is 0 Å². The lowest BCUT2D eigenvalue weighted by atomic mass is 10.2. The van der Waals surface area contributed by atoms with Crippen molar-refractivity contribution in [1.82, 2.24) is 9.29 Å². The molecule has 2 aromatic rings. The Morgan fingerprint density at radius 3 is 2.80 bits per heavy atom. The lowest BCUT2D eigenvalue weighted by Gasteiger charge is -2.23. The van der Waals surface area contributed by atoms with Crippen molar-refractivity contribution in [2.75, 3.05) is 18.8 Å². The fourth-order valence-corrected chi connectivity index (χ4v) is 3.91. The molecule has 2 N–H and O–H groups in total. The van der Waals surface area contributed by atoms with Gasteiger partial charge in [0.05, 0.1) is 5.52 Å². The molecule has 0 amide bonds. The molecule has 0 saturated heterocycles. The zero-order valence-corrected chi connectivity index (χ0v) is 11.7. The van der Waals surface area contributed by atoms with Gasteiger partial charge in [-0.05, 0) is 30.7 Å². The summed E-state index contributed by atoms with van der Waals surface area (Å²) in [5.74, 6) is 0. The second-order valence-corrected chi connectivity index (χ2v) is 6.58. The molecule has 0 aliphatic carbocycles. The van der Waals surface area contributed by atoms with Crippen molar-refractivity contribution < 1.29 is 8.42 Å². The quantitative estimate of drug-likeness (QED) is 0.675. The zero-order chi connectivity index (χ0) is 14.2. The smallest absolute Gasteiger partial charge is 0.245 e. The molecular weight excluding hydrogens is 274 g/mol. The Hall–Kier alpha value is -1.92. The van der Waals surface area contributed by atoms with Gasteiger partial charge in [-0.3, -0.25) is 4.98 Å². The number of hydrogen-bond acceptors (Lipinski definition) is 4. The highest BCUT2D eigenvalue weighted by Crippen LogP contribution is 2.28. The normalized spacial score (nSPS) is 16.6. The maximum Gasteiger partial charge on any atom is 0.245 e. The first-order chi connectivity index (χ1) is 9.60. The molecule has 0 bridgehead atoms. The molecule has 1 aliphatic rings. The monoisotopic (exact) mass is 289 g/mol. The van der Waals surface area contributed by atoms with Crippen molar-refractivity contribution in [3.05, 3.63) is 42.6 Å². The van der Waals surface area contributed by atoms with Crippen molar-refractivity contribution >= 4 is 26.6 Å². The van der Waals surface area contributed by atoms with Gasteiger partial charge in [0.1, 0.15) is 4.90 Å². The Bertz CT molecular complexity index is 784. The molecule has 5 nitrogen and oxygen atoms in total. The summed E-state index contributed by atoms with van der Waals surface area (Å²) in [5.41, 5.74) is 6.85. The number of pyridine rings is 1. The van der Waals surface area contributed by atoms with E-state index in [-0.39, 0.29) is 4.90 Å². The third-order valence-corrected chi connectivity index (χ3v) is 5.30. The van der Waals surface area contributed by atoms with Gasteiger partial charge in [-0.2, -0.15) is 4.31 Å². The first-order valence-electron chi connectivity index (χ1n) is 6.39. The summed E-state index contributed by atoms with van der Waals surface area (Å²) in [6.45, 7) is 0.901. The molecule has 0 saturated carbocycles. The predicted octanol–water partition coefficient (Wildman–Crippen LogP) is 1.77. The standard InChI is InChI=1S/C14H15N3O2S/c15-12-6-7-13(14-11(12)5-4-8-16-14)20(18,19)17-9-2-1-3-10-17/h1-2,4-8H,3,9-10,15H2. The molecule has 2 heterocycles. The number of fused-ring (bicyclic) bond motifs is 1. The number of nitrogen functional groups attached to an aromatic ring is 1. The number of hydrogen-bond donors (Lipinski definition) is 1. The van der Waals surface area contributed by atoms with Gasteiger partial charge in [0.25, 0.3) is 0 Å². The number of nitrogens with two attached hydrogens (primary N) is 1. The largest absolute Gasteiger partial charge is 0.398 e. The molecule has 3 rings (SSSR count). The van der Waals surface area contributed by atoms with Gasteiger partial charge in [-0.1, -0.05) is 12.2 Å². The molecule has 6 heteroatoms. The third kappa shape index (κ3) is 2.07. The Kier molecular flexibility index (Phi) is 3.19. The molecule has 0 atom stereocenters. The van der Waals surface area contributed by atoms with E-state index in [0.29, 0.717) is 29.7 Å². The van der Waals surface area contributed by atoms with Crippen LogP contribution in [0.1, 0.15) is 6.42 Å². The number of aromatic nitrogens is 1. The summed E-state index contributed by atoms with van der Waals surface area (Å²) in [5, 5.41) is 0.668. The number of sulfonamides is 1. The number of nitrogens with zero attached hydrogens (tertiary/aromatic N) is 2. The molecular formula is C14H15N3O2S. The van der Waals surface area contributed by atoms with Crippen LogP contribution in [0.15, 0.2) is 47.5 Å². The zero-order valence-electron chi connectivity index (χ0n) is 10.9. The third-order valence-electron chi connectivity index (χ3n) is 3.41. The second-order valence-electron chi connectivity index (χ2n) is 4.68. The molecule has 1 aromatic carbocycles. The fraction of sp³-hybridized carbons (Fsp3) is 0.214. The van der Waals surface area contributed by atoms with Gasteiger partial charge in [-0.15, -0.1) is 0 Å². The first-order valence-corrected chi connectivity index (χ1v) is 7.83. The van der Waals surface area contributed by atoms with E-state index in [1.165, 1.54) is 4.31 Å². The summed E-state index contributed by atoms with van der Waals surface area (Å²) in [6.07, 6.45) is 6.18. The van der Waals surface area contributed by atoms with Crippen LogP contribution in [-0.4, -0.2) is 30.8 Å². The fourth-order valence-electron chi connectivity index (χ4n) is 2.35. The number of benzene rings is 1. The highest BCUT2D eigenvalue weighted by Gasteiger charge is 2.27. The van der Waals surface area contributed by atoms with Crippen LogP contribution in [0, 0.1) is 0 Å². The Labute approximate surface area is 117 Å². The van der Waals surface area contributed by atoms with Crippen LogP contribution in [0.3, 0.4) is 0 Å². The Morgan fingerprint density at radius 1 is 1.20 bits per heavy atom. The highest BCUT2D eigenvalue weighted by atomic mass is 32.2. The molecule has 104 valence electrons. The van der Waals surface area contributed by atoms with Crippen LogP contribution < -0.4 is 5.73 Å². The van der Waals surface area contributed by atoms with E-state index >= 15 is 0 Å². The van der Waals surface area contributed by atoms with E-state index in [9.17, 15) is 8.42 Å². The lowest BCUT2D eigenvalue weighted by Crippen LogP contribution is -2.34. The van der Waals surface area contributed by atoms with Gasteiger partial charge < -0.3 is 5.73 Å². The predicted molar refractivity (Wildman–Crippen MR) is 78.7 cm³/mol. The van der Waals surface area contributed by atoms with Crippen molar-refractivity contribution in [3.63, 3.8) is 0 Å². The average molecular weight is 289 g/mol. The van der Waals surface area contributed by atoms with Crippen LogP contribution in [0.4, 0.5) is 5.69 Å². The summed E-state index contributed by atoms with van der Waals surface area (Å²) >= 11 is 0. The van der Waals surface area contributed by atoms with Crippen molar-refractivity contribution in [2.45, 2.75) is 11.3 Å². The van der Waals surface area contributed by atoms with Gasteiger partial charge >= 0.3 is 0 Å². The van der Waals surface area contributed by atoms with Crippen molar-refractivity contribution in [1.29, 1.82) is 0 Å². The first kappa shape index (κ1) is 13.1. The summed E-state index contributed by atoms with van der Waals surface area (Å²) in [7, 11) is -3.54. The van der Waals surface area contributed by atoms with Crippen LogP contribution in [0.25, 0.3) is 10.9 Å². The van der Waals surface area contributed by atoms with E-state index in [1.54, 1.807) is 30.5 Å². The minimum atomic E-state index is -3.54. The summed E-state index contributed by atoms with van der Waals surface area (Å²) in [6, 6.07) is 6.69. The van der Waals surface area contributed by atoms with Crippen molar-refractivity contribution in [3.8, 4) is 0 Å². The minimum absolute atomic E-state index is 0.220. The number of rotatable bonds is 2. The Balaban J connectivity index is 2.19. The van der Waals surface area contributed by atoms with Crippen LogP contribution in [-0.2, 0) is 10.0 Å².